The molecule has 0 aromatic rings. The van der Waals surface area contributed by atoms with Gasteiger partial charge >= 0.3 is 0 Å². The van der Waals surface area contributed by atoms with Crippen molar-refractivity contribution in [2.75, 3.05) is 0 Å². The van der Waals surface area contributed by atoms with Crippen LogP contribution in [0.1, 0.15) is 78.6 Å². The van der Waals surface area contributed by atoms with Crippen LogP contribution in [0.2, 0.25) is 0 Å². The minimum absolute atomic E-state index is 0.0171. The van der Waals surface area contributed by atoms with E-state index < -0.39 is 0 Å². The van der Waals surface area contributed by atoms with Gasteiger partial charge in [0.25, 0.3) is 0 Å². The first-order valence-corrected chi connectivity index (χ1v) is 10.4. The van der Waals surface area contributed by atoms with E-state index in [2.05, 4.69) is 20.1 Å². The Kier molecular flexibility index (Phi) is 13.6. The summed E-state index contributed by atoms with van der Waals surface area (Å²) in [6.07, 6.45) is 10.9. The van der Waals surface area contributed by atoms with Crippen molar-refractivity contribution in [3.8, 4) is 0 Å². The van der Waals surface area contributed by atoms with Crippen molar-refractivity contribution in [3.05, 3.63) is 24.3 Å². The summed E-state index contributed by atoms with van der Waals surface area (Å²) in [5.74, 6) is 0. The number of carbonyl (C=O) groups is 2. The van der Waals surface area contributed by atoms with Crippen LogP contribution in [0.3, 0.4) is 0 Å². The summed E-state index contributed by atoms with van der Waals surface area (Å²) in [5.41, 5.74) is 1.08. The van der Waals surface area contributed by atoms with Crippen LogP contribution in [0.25, 0.3) is 0 Å². The average Bonchev–Trinajstić information content (AvgIpc) is 2.49. The summed E-state index contributed by atoms with van der Waals surface area (Å²) < 4.78 is -0.0245. The standard InChI is InChI=1S/C19H32O2S2/c1-6-7-8-9-10-11-12-13-14-17(22-18(20)15(2)3)23-19(21)16(4)5/h17H,2,4,6-14H2,1,3,5H3. The number of carbonyl (C=O) groups excluding carboxylic acids is 2. The second-order valence-corrected chi connectivity index (χ2v) is 8.71. The lowest BCUT2D eigenvalue weighted by Gasteiger charge is -2.14. The van der Waals surface area contributed by atoms with Gasteiger partial charge in [-0.15, -0.1) is 0 Å². The third kappa shape index (κ3) is 12.6. The molecule has 0 amide bonds. The first kappa shape index (κ1) is 22.5. The zero-order valence-electron chi connectivity index (χ0n) is 15.0. The maximum absolute atomic E-state index is 11.9. The summed E-state index contributed by atoms with van der Waals surface area (Å²) in [4.78, 5) is 23.7. The van der Waals surface area contributed by atoms with Gasteiger partial charge in [0.1, 0.15) is 0 Å². The summed E-state index contributed by atoms with van der Waals surface area (Å²) in [6, 6.07) is 0. The van der Waals surface area contributed by atoms with Crippen LogP contribution in [0.5, 0.6) is 0 Å². The Morgan fingerprint density at radius 2 is 1.17 bits per heavy atom. The minimum Gasteiger partial charge on any atom is -0.282 e. The molecule has 4 heteroatoms. The SMILES string of the molecule is C=C(C)C(=O)SC(CCCCCCCCCC)SC(=O)C(=C)C. The van der Waals surface area contributed by atoms with Gasteiger partial charge in [0.2, 0.25) is 10.2 Å². The monoisotopic (exact) mass is 356 g/mol. The van der Waals surface area contributed by atoms with Gasteiger partial charge in [-0.2, -0.15) is 0 Å². The fraction of sp³-hybridized carbons (Fsp3) is 0.684. The average molecular weight is 357 g/mol. The molecule has 0 fully saturated rings. The highest BCUT2D eigenvalue weighted by Crippen LogP contribution is 2.32. The molecule has 0 radical (unpaired) electrons. The molecular weight excluding hydrogens is 324 g/mol. The highest BCUT2D eigenvalue weighted by molar-refractivity contribution is 8.30. The Bertz CT molecular complexity index is 374. The normalized spacial score (nSPS) is 10.8. The van der Waals surface area contributed by atoms with Gasteiger partial charge < -0.3 is 0 Å². The van der Waals surface area contributed by atoms with Gasteiger partial charge in [0.05, 0.1) is 4.58 Å². The van der Waals surface area contributed by atoms with E-state index in [0.717, 1.165) is 12.8 Å². The molecule has 0 aromatic heterocycles. The zero-order valence-corrected chi connectivity index (χ0v) is 16.6. The highest BCUT2D eigenvalue weighted by Gasteiger charge is 2.19. The molecule has 0 heterocycles. The first-order chi connectivity index (χ1) is 10.9. The van der Waals surface area contributed by atoms with Crippen molar-refractivity contribution in [3.63, 3.8) is 0 Å². The van der Waals surface area contributed by atoms with Crippen molar-refractivity contribution in [1.82, 2.24) is 0 Å². The fourth-order valence-electron chi connectivity index (χ4n) is 2.03. The van der Waals surface area contributed by atoms with E-state index in [-0.39, 0.29) is 14.8 Å². The van der Waals surface area contributed by atoms with Crippen LogP contribution >= 0.6 is 23.5 Å². The molecule has 0 aliphatic heterocycles. The Morgan fingerprint density at radius 3 is 1.57 bits per heavy atom. The Morgan fingerprint density at radius 1 is 0.783 bits per heavy atom. The molecule has 0 aliphatic rings. The molecule has 0 aromatic carbocycles. The van der Waals surface area contributed by atoms with Crippen LogP contribution < -0.4 is 0 Å². The van der Waals surface area contributed by atoms with E-state index in [1.54, 1.807) is 13.8 Å². The molecule has 23 heavy (non-hydrogen) atoms. The molecule has 0 aliphatic carbocycles. The van der Waals surface area contributed by atoms with Crippen molar-refractivity contribution < 1.29 is 9.59 Å². The molecule has 0 saturated carbocycles. The number of rotatable bonds is 13. The van der Waals surface area contributed by atoms with Crippen LogP contribution in [-0.4, -0.2) is 14.8 Å². The third-order valence-corrected chi connectivity index (χ3v) is 6.17. The summed E-state index contributed by atoms with van der Waals surface area (Å²) in [5, 5.41) is -0.0341. The van der Waals surface area contributed by atoms with Crippen molar-refractivity contribution in [2.24, 2.45) is 0 Å². The molecule has 0 unspecified atom stereocenters. The maximum atomic E-state index is 11.9. The quantitative estimate of drug-likeness (QED) is 0.214. The van der Waals surface area contributed by atoms with E-state index >= 15 is 0 Å². The maximum Gasteiger partial charge on any atom is 0.215 e. The molecule has 0 atom stereocenters. The molecule has 0 saturated heterocycles. The third-order valence-electron chi connectivity index (χ3n) is 3.47. The molecular formula is C19H32O2S2. The lowest BCUT2D eigenvalue weighted by Crippen LogP contribution is -2.08. The van der Waals surface area contributed by atoms with Crippen LogP contribution in [-0.2, 0) is 9.59 Å². The predicted octanol–water partition coefficient (Wildman–Crippen LogP) is 6.52. The molecule has 0 N–H and O–H groups in total. The number of unbranched alkanes of at least 4 members (excludes halogenated alkanes) is 7. The lowest BCUT2D eigenvalue weighted by molar-refractivity contribution is -0.108. The van der Waals surface area contributed by atoms with Crippen LogP contribution in [0.15, 0.2) is 24.3 Å². The smallest absolute Gasteiger partial charge is 0.215 e. The highest BCUT2D eigenvalue weighted by atomic mass is 32.2. The van der Waals surface area contributed by atoms with Gasteiger partial charge in [-0.3, -0.25) is 9.59 Å². The summed E-state index contributed by atoms with van der Waals surface area (Å²) >= 11 is 2.47. The molecule has 132 valence electrons. The van der Waals surface area contributed by atoms with E-state index in [4.69, 9.17) is 0 Å². The molecule has 0 rings (SSSR count). The molecule has 0 bridgehead atoms. The van der Waals surface area contributed by atoms with Gasteiger partial charge in [-0.25, -0.2) is 0 Å². The number of thioether (sulfide) groups is 2. The minimum atomic E-state index is -0.0245. The Labute approximate surface area is 150 Å². The van der Waals surface area contributed by atoms with Crippen molar-refractivity contribution in [1.29, 1.82) is 0 Å². The Hall–Kier alpha value is -0.480. The first-order valence-electron chi connectivity index (χ1n) is 8.61. The van der Waals surface area contributed by atoms with E-state index in [9.17, 15) is 9.59 Å². The van der Waals surface area contributed by atoms with Gasteiger partial charge in [0.15, 0.2) is 0 Å². The molecule has 2 nitrogen and oxygen atoms in total. The van der Waals surface area contributed by atoms with Crippen molar-refractivity contribution >= 4 is 33.8 Å². The predicted molar refractivity (Wildman–Crippen MR) is 106 cm³/mol. The second-order valence-electron chi connectivity index (χ2n) is 6.06. The van der Waals surface area contributed by atoms with E-state index in [1.807, 2.05) is 0 Å². The molecule has 0 spiro atoms. The summed E-state index contributed by atoms with van der Waals surface area (Å²) in [7, 11) is 0. The van der Waals surface area contributed by atoms with Gasteiger partial charge in [-0.1, -0.05) is 95.0 Å². The number of hydrogen-bond acceptors (Lipinski definition) is 4. The van der Waals surface area contributed by atoms with E-state index in [1.165, 1.54) is 68.5 Å². The van der Waals surface area contributed by atoms with Crippen molar-refractivity contribution in [2.45, 2.75) is 83.1 Å². The Balaban J connectivity index is 4.10. The zero-order chi connectivity index (χ0) is 17.7. The largest absolute Gasteiger partial charge is 0.282 e. The lowest BCUT2D eigenvalue weighted by atomic mass is 10.1. The van der Waals surface area contributed by atoms with Gasteiger partial charge in [-0.05, 0) is 31.4 Å². The topological polar surface area (TPSA) is 34.1 Å². The van der Waals surface area contributed by atoms with Crippen LogP contribution in [0.4, 0.5) is 0 Å². The second kappa shape index (κ2) is 13.9. The van der Waals surface area contributed by atoms with Gasteiger partial charge in [0, 0.05) is 0 Å². The summed E-state index contributed by atoms with van der Waals surface area (Å²) in [6.45, 7) is 13.0. The fourth-order valence-corrected chi connectivity index (χ4v) is 4.19. The van der Waals surface area contributed by atoms with E-state index in [0.29, 0.717) is 11.1 Å². The number of hydrogen-bond donors (Lipinski definition) is 0. The van der Waals surface area contributed by atoms with Crippen LogP contribution in [0, 0.1) is 0 Å².